The molecule has 0 bridgehead atoms. The lowest BCUT2D eigenvalue weighted by atomic mass is 10.2. The molecule has 2 N–H and O–H groups in total. The van der Waals surface area contributed by atoms with Gasteiger partial charge in [0.15, 0.2) is 0 Å². The van der Waals surface area contributed by atoms with Crippen molar-refractivity contribution in [1.29, 1.82) is 0 Å². The summed E-state index contributed by atoms with van der Waals surface area (Å²) in [5.41, 5.74) is 2.49. The maximum absolute atomic E-state index is 9.44. The van der Waals surface area contributed by atoms with Crippen LogP contribution in [0.3, 0.4) is 0 Å². The Kier molecular flexibility index (Phi) is 4.28. The number of hydrogen-bond donors (Lipinski definition) is 2. The van der Waals surface area contributed by atoms with E-state index in [1.807, 2.05) is 18.2 Å². The third kappa shape index (κ3) is 4.02. The molecule has 0 amide bonds. The number of hydrogen-bond acceptors (Lipinski definition) is 3. The standard InChI is InChI=1S/C17H19NOS/c19-16-3-1-2-14(10-16)12-20-17-8-4-13(5-9-17)11-18-15-6-7-15/h1-5,8-10,15,18-19H,6-7,11-12H2. The predicted octanol–water partition coefficient (Wildman–Crippen LogP) is 3.94. The van der Waals surface area contributed by atoms with Gasteiger partial charge in [-0.2, -0.15) is 0 Å². The largest absolute Gasteiger partial charge is 0.508 e. The van der Waals surface area contributed by atoms with Crippen LogP contribution in [0.1, 0.15) is 24.0 Å². The summed E-state index contributed by atoms with van der Waals surface area (Å²) in [5.74, 6) is 1.22. The molecule has 1 saturated carbocycles. The zero-order chi connectivity index (χ0) is 13.8. The van der Waals surface area contributed by atoms with Crippen LogP contribution in [0, 0.1) is 0 Å². The number of benzene rings is 2. The van der Waals surface area contributed by atoms with Crippen molar-refractivity contribution in [2.24, 2.45) is 0 Å². The summed E-state index contributed by atoms with van der Waals surface area (Å²) in [6, 6.07) is 17.0. The summed E-state index contributed by atoms with van der Waals surface area (Å²) in [7, 11) is 0. The van der Waals surface area contributed by atoms with Crippen LogP contribution >= 0.6 is 11.8 Å². The highest BCUT2D eigenvalue weighted by Crippen LogP contribution is 2.25. The average molecular weight is 285 g/mol. The van der Waals surface area contributed by atoms with Crippen LogP contribution < -0.4 is 5.32 Å². The van der Waals surface area contributed by atoms with Gasteiger partial charge in [0, 0.05) is 23.2 Å². The van der Waals surface area contributed by atoms with Gasteiger partial charge in [0.2, 0.25) is 0 Å². The van der Waals surface area contributed by atoms with Gasteiger partial charge in [-0.3, -0.25) is 0 Å². The summed E-state index contributed by atoms with van der Waals surface area (Å²) in [5, 5.41) is 13.0. The van der Waals surface area contributed by atoms with E-state index >= 15 is 0 Å². The lowest BCUT2D eigenvalue weighted by Crippen LogP contribution is -2.14. The molecule has 0 unspecified atom stereocenters. The Morgan fingerprint density at radius 1 is 1.05 bits per heavy atom. The molecule has 3 heteroatoms. The molecule has 0 aromatic heterocycles. The Bertz CT molecular complexity index is 563. The Hall–Kier alpha value is -1.45. The maximum atomic E-state index is 9.44. The molecule has 3 rings (SSSR count). The lowest BCUT2D eigenvalue weighted by molar-refractivity contribution is 0.475. The molecule has 104 valence electrons. The van der Waals surface area contributed by atoms with E-state index in [4.69, 9.17) is 0 Å². The SMILES string of the molecule is Oc1cccc(CSc2ccc(CNC3CC3)cc2)c1. The van der Waals surface area contributed by atoms with E-state index in [0.717, 1.165) is 23.9 Å². The summed E-state index contributed by atoms with van der Waals surface area (Å²) in [6.45, 7) is 0.974. The summed E-state index contributed by atoms with van der Waals surface area (Å²) in [6.07, 6.45) is 2.66. The van der Waals surface area contributed by atoms with Crippen LogP contribution in [0.15, 0.2) is 53.4 Å². The van der Waals surface area contributed by atoms with E-state index in [9.17, 15) is 5.11 Å². The summed E-state index contributed by atoms with van der Waals surface area (Å²) >= 11 is 1.80. The van der Waals surface area contributed by atoms with Gasteiger partial charge in [0.25, 0.3) is 0 Å². The number of nitrogens with one attached hydrogen (secondary N) is 1. The zero-order valence-corrected chi connectivity index (χ0v) is 12.2. The third-order valence-corrected chi connectivity index (χ3v) is 4.49. The van der Waals surface area contributed by atoms with E-state index in [2.05, 4.69) is 29.6 Å². The highest BCUT2D eigenvalue weighted by atomic mass is 32.2. The quantitative estimate of drug-likeness (QED) is 0.789. The number of rotatable bonds is 6. The fourth-order valence-corrected chi connectivity index (χ4v) is 2.91. The van der Waals surface area contributed by atoms with Gasteiger partial charge in [-0.05, 0) is 48.2 Å². The van der Waals surface area contributed by atoms with E-state index in [-0.39, 0.29) is 0 Å². The van der Waals surface area contributed by atoms with E-state index in [1.165, 1.54) is 23.3 Å². The van der Waals surface area contributed by atoms with Crippen molar-refractivity contribution >= 4 is 11.8 Å². The highest BCUT2D eigenvalue weighted by molar-refractivity contribution is 7.98. The third-order valence-electron chi connectivity index (χ3n) is 3.41. The zero-order valence-electron chi connectivity index (χ0n) is 11.4. The van der Waals surface area contributed by atoms with Gasteiger partial charge < -0.3 is 10.4 Å². The molecular weight excluding hydrogens is 266 g/mol. The van der Waals surface area contributed by atoms with Crippen LogP contribution in [0.2, 0.25) is 0 Å². The van der Waals surface area contributed by atoms with Crippen molar-refractivity contribution < 1.29 is 5.11 Å². The summed E-state index contributed by atoms with van der Waals surface area (Å²) in [4.78, 5) is 1.27. The first-order chi connectivity index (χ1) is 9.79. The predicted molar refractivity (Wildman–Crippen MR) is 84.0 cm³/mol. The van der Waals surface area contributed by atoms with Crippen LogP contribution in [0.5, 0.6) is 5.75 Å². The van der Waals surface area contributed by atoms with Crippen molar-refractivity contribution in [3.63, 3.8) is 0 Å². The minimum Gasteiger partial charge on any atom is -0.508 e. The molecular formula is C17H19NOS. The molecule has 1 aliphatic rings. The fraction of sp³-hybridized carbons (Fsp3) is 0.294. The van der Waals surface area contributed by atoms with Crippen LogP contribution in [0.4, 0.5) is 0 Å². The average Bonchev–Trinajstić information content (AvgIpc) is 3.28. The normalized spacial score (nSPS) is 14.4. The molecule has 1 fully saturated rings. The fourth-order valence-electron chi connectivity index (χ4n) is 2.07. The first-order valence-corrected chi connectivity index (χ1v) is 8.01. The second-order valence-corrected chi connectivity index (χ2v) is 6.31. The highest BCUT2D eigenvalue weighted by Gasteiger charge is 2.19. The van der Waals surface area contributed by atoms with E-state index in [0.29, 0.717) is 5.75 Å². The smallest absolute Gasteiger partial charge is 0.115 e. The number of phenolic OH excluding ortho intramolecular Hbond substituents is 1. The molecule has 2 aromatic rings. The molecule has 0 spiro atoms. The monoisotopic (exact) mass is 285 g/mol. The van der Waals surface area contributed by atoms with Crippen molar-refractivity contribution in [3.05, 3.63) is 59.7 Å². The van der Waals surface area contributed by atoms with Gasteiger partial charge in [0.05, 0.1) is 0 Å². The molecule has 0 saturated heterocycles. The minimum absolute atomic E-state index is 0.338. The Morgan fingerprint density at radius 2 is 1.85 bits per heavy atom. The number of thioether (sulfide) groups is 1. The molecule has 0 atom stereocenters. The topological polar surface area (TPSA) is 32.3 Å². The molecule has 0 heterocycles. The van der Waals surface area contributed by atoms with Gasteiger partial charge in [0.1, 0.15) is 5.75 Å². The van der Waals surface area contributed by atoms with Crippen LogP contribution in [-0.2, 0) is 12.3 Å². The maximum Gasteiger partial charge on any atom is 0.115 e. The number of phenols is 1. The second kappa shape index (κ2) is 6.33. The van der Waals surface area contributed by atoms with Crippen LogP contribution in [-0.4, -0.2) is 11.1 Å². The van der Waals surface area contributed by atoms with Crippen molar-refractivity contribution in [2.75, 3.05) is 0 Å². The van der Waals surface area contributed by atoms with Gasteiger partial charge in [-0.1, -0.05) is 24.3 Å². The molecule has 2 nitrogen and oxygen atoms in total. The van der Waals surface area contributed by atoms with E-state index in [1.54, 1.807) is 17.8 Å². The summed E-state index contributed by atoms with van der Waals surface area (Å²) < 4.78 is 0. The first-order valence-electron chi connectivity index (χ1n) is 7.02. The van der Waals surface area contributed by atoms with Gasteiger partial charge in [-0.15, -0.1) is 11.8 Å². The van der Waals surface area contributed by atoms with Crippen molar-refractivity contribution in [3.8, 4) is 5.75 Å². The molecule has 0 radical (unpaired) electrons. The Labute approximate surface area is 124 Å². The van der Waals surface area contributed by atoms with Gasteiger partial charge >= 0.3 is 0 Å². The lowest BCUT2D eigenvalue weighted by Gasteiger charge is -2.06. The van der Waals surface area contributed by atoms with Gasteiger partial charge in [-0.25, -0.2) is 0 Å². The first kappa shape index (κ1) is 13.5. The second-order valence-electron chi connectivity index (χ2n) is 5.26. The number of aromatic hydroxyl groups is 1. The van der Waals surface area contributed by atoms with Crippen molar-refractivity contribution in [2.45, 2.75) is 36.1 Å². The molecule has 1 aliphatic carbocycles. The van der Waals surface area contributed by atoms with Crippen molar-refractivity contribution in [1.82, 2.24) is 5.32 Å². The molecule has 20 heavy (non-hydrogen) atoms. The van der Waals surface area contributed by atoms with E-state index < -0.39 is 0 Å². The minimum atomic E-state index is 0.338. The Morgan fingerprint density at radius 3 is 2.55 bits per heavy atom. The molecule has 0 aliphatic heterocycles. The molecule has 2 aromatic carbocycles. The Balaban J connectivity index is 1.52. The van der Waals surface area contributed by atoms with Crippen LogP contribution in [0.25, 0.3) is 0 Å².